The number of unbranched alkanes of at least 4 members (excludes halogenated alkanes) is 1. The van der Waals surface area contributed by atoms with Crippen molar-refractivity contribution in [3.63, 3.8) is 0 Å². The molecule has 0 radical (unpaired) electrons. The average Bonchev–Trinajstić information content (AvgIpc) is 2.37. The molecular weight excluding hydrogens is 288 g/mol. The minimum atomic E-state index is -0.749. The third-order valence-electron chi connectivity index (χ3n) is 3.72. The molecule has 0 rings (SSSR count). The van der Waals surface area contributed by atoms with Crippen LogP contribution < -0.4 is 0 Å². The van der Waals surface area contributed by atoms with Crippen molar-refractivity contribution >= 4 is 0 Å². The molecule has 0 bridgehead atoms. The van der Waals surface area contributed by atoms with Gasteiger partial charge in [-0.25, -0.2) is 0 Å². The number of hydrogen-bond donors (Lipinski definition) is 6. The van der Waals surface area contributed by atoms with Crippen LogP contribution >= 0.6 is 0 Å². The molecule has 0 aromatic heterocycles. The van der Waals surface area contributed by atoms with E-state index in [4.69, 9.17) is 10.2 Å². The van der Waals surface area contributed by atoms with Gasteiger partial charge < -0.3 is 30.6 Å². The number of hydrogen-bond acceptors (Lipinski definition) is 6. The lowest BCUT2D eigenvalue weighted by Gasteiger charge is -2.19. The van der Waals surface area contributed by atoms with Crippen LogP contribution in [0.15, 0.2) is 0 Å². The van der Waals surface area contributed by atoms with E-state index in [1.807, 2.05) is 0 Å². The van der Waals surface area contributed by atoms with E-state index in [9.17, 15) is 20.4 Å². The van der Waals surface area contributed by atoms with Crippen molar-refractivity contribution in [2.24, 2.45) is 0 Å². The summed E-state index contributed by atoms with van der Waals surface area (Å²) < 4.78 is 0. The normalized spacial score (nSPS) is 18.7. The molecule has 0 heterocycles. The van der Waals surface area contributed by atoms with Gasteiger partial charge >= 0.3 is 0 Å². The molecule has 0 aromatic carbocycles. The summed E-state index contributed by atoms with van der Waals surface area (Å²) in [6, 6.07) is 0. The zero-order chi connectivity index (χ0) is 17.0. The first-order valence-electron chi connectivity index (χ1n) is 8.36. The maximum Gasteiger partial charge on any atom is 0.0589 e. The average molecular weight is 322 g/mol. The monoisotopic (exact) mass is 322 g/mol. The van der Waals surface area contributed by atoms with Gasteiger partial charge in [0.15, 0.2) is 0 Å². The second-order valence-corrected chi connectivity index (χ2v) is 6.32. The molecule has 0 spiro atoms. The zero-order valence-corrected chi connectivity index (χ0v) is 13.6. The zero-order valence-electron chi connectivity index (χ0n) is 13.6. The Bertz CT molecular complexity index is 249. The van der Waals surface area contributed by atoms with Crippen LogP contribution in [-0.2, 0) is 0 Å². The van der Waals surface area contributed by atoms with Gasteiger partial charge in [0.1, 0.15) is 0 Å². The van der Waals surface area contributed by atoms with Gasteiger partial charge in [-0.05, 0) is 64.7 Å². The summed E-state index contributed by atoms with van der Waals surface area (Å²) in [5.74, 6) is 0. The van der Waals surface area contributed by atoms with Crippen molar-refractivity contribution in [3.05, 3.63) is 0 Å². The Labute approximate surface area is 133 Å². The molecular formula is C16H34O6. The lowest BCUT2D eigenvalue weighted by Crippen LogP contribution is -2.23. The fourth-order valence-corrected chi connectivity index (χ4v) is 2.55. The first kappa shape index (κ1) is 21.8. The SMILES string of the molecule is CC(O)CC(O)CCCC(O)CC(O)CC(O)CCCCO. The molecule has 5 atom stereocenters. The minimum Gasteiger partial charge on any atom is -0.396 e. The highest BCUT2D eigenvalue weighted by Crippen LogP contribution is 2.15. The predicted molar refractivity (Wildman–Crippen MR) is 84.3 cm³/mol. The van der Waals surface area contributed by atoms with E-state index in [0.717, 1.165) is 0 Å². The van der Waals surface area contributed by atoms with E-state index in [2.05, 4.69) is 0 Å². The van der Waals surface area contributed by atoms with Gasteiger partial charge in [0.2, 0.25) is 0 Å². The van der Waals surface area contributed by atoms with Gasteiger partial charge in [0.05, 0.1) is 30.5 Å². The molecule has 6 nitrogen and oxygen atoms in total. The van der Waals surface area contributed by atoms with E-state index >= 15 is 0 Å². The lowest BCUT2D eigenvalue weighted by molar-refractivity contribution is 0.0311. The summed E-state index contributed by atoms with van der Waals surface area (Å²) in [5, 5.41) is 56.7. The highest BCUT2D eigenvalue weighted by molar-refractivity contribution is 4.69. The molecule has 0 aliphatic rings. The van der Waals surface area contributed by atoms with Crippen LogP contribution in [0.25, 0.3) is 0 Å². The van der Waals surface area contributed by atoms with Crippen molar-refractivity contribution in [2.45, 2.75) is 95.2 Å². The van der Waals surface area contributed by atoms with Gasteiger partial charge in [0.25, 0.3) is 0 Å². The summed E-state index contributed by atoms with van der Waals surface area (Å²) >= 11 is 0. The van der Waals surface area contributed by atoms with Crippen LogP contribution in [0.3, 0.4) is 0 Å². The van der Waals surface area contributed by atoms with E-state index < -0.39 is 30.5 Å². The largest absolute Gasteiger partial charge is 0.396 e. The number of aliphatic hydroxyl groups excluding tert-OH is 6. The summed E-state index contributed by atoms with van der Waals surface area (Å²) in [4.78, 5) is 0. The Morgan fingerprint density at radius 2 is 1.05 bits per heavy atom. The Kier molecular flexibility index (Phi) is 13.1. The first-order valence-corrected chi connectivity index (χ1v) is 8.36. The van der Waals surface area contributed by atoms with Gasteiger partial charge in [-0.1, -0.05) is 0 Å². The summed E-state index contributed by atoms with van der Waals surface area (Å²) in [6.45, 7) is 1.73. The Balaban J connectivity index is 3.70. The summed E-state index contributed by atoms with van der Waals surface area (Å²) in [6.07, 6.45) is 1.19. The molecule has 134 valence electrons. The lowest BCUT2D eigenvalue weighted by atomic mass is 9.98. The van der Waals surface area contributed by atoms with Gasteiger partial charge in [-0.3, -0.25) is 0 Å². The van der Waals surface area contributed by atoms with Crippen molar-refractivity contribution < 1.29 is 30.6 Å². The maximum absolute atomic E-state index is 9.84. The second-order valence-electron chi connectivity index (χ2n) is 6.32. The standard InChI is InChI=1S/C16H34O6/c1-12(18)9-13(19)6-4-7-15(21)11-16(22)10-14(20)5-2-3-8-17/h12-22H,2-11H2,1H3. The molecule has 0 amide bonds. The maximum atomic E-state index is 9.84. The molecule has 0 saturated heterocycles. The summed E-state index contributed by atoms with van der Waals surface area (Å²) in [7, 11) is 0. The third kappa shape index (κ3) is 13.4. The first-order chi connectivity index (χ1) is 10.3. The van der Waals surface area contributed by atoms with E-state index in [0.29, 0.717) is 44.9 Å². The van der Waals surface area contributed by atoms with Crippen LogP contribution in [0, 0.1) is 0 Å². The van der Waals surface area contributed by atoms with Gasteiger partial charge in [-0.15, -0.1) is 0 Å². The summed E-state index contributed by atoms with van der Waals surface area (Å²) in [5.41, 5.74) is 0. The highest BCUT2D eigenvalue weighted by atomic mass is 16.3. The van der Waals surface area contributed by atoms with Crippen LogP contribution in [0.4, 0.5) is 0 Å². The van der Waals surface area contributed by atoms with Crippen LogP contribution in [0.2, 0.25) is 0 Å². The molecule has 6 N–H and O–H groups in total. The smallest absolute Gasteiger partial charge is 0.0589 e. The third-order valence-corrected chi connectivity index (χ3v) is 3.72. The fourth-order valence-electron chi connectivity index (χ4n) is 2.55. The molecule has 0 saturated carbocycles. The topological polar surface area (TPSA) is 121 Å². The fraction of sp³-hybridized carbons (Fsp3) is 1.00. The predicted octanol–water partition coefficient (Wildman–Crippen LogP) is 0.314. The molecule has 0 aliphatic heterocycles. The highest BCUT2D eigenvalue weighted by Gasteiger charge is 2.16. The Morgan fingerprint density at radius 1 is 0.591 bits per heavy atom. The van der Waals surface area contributed by atoms with Crippen molar-refractivity contribution in [1.82, 2.24) is 0 Å². The molecule has 0 aromatic rings. The Hall–Kier alpha value is -0.240. The quantitative estimate of drug-likeness (QED) is 0.256. The number of rotatable bonds is 14. The van der Waals surface area contributed by atoms with Crippen LogP contribution in [-0.4, -0.2) is 67.8 Å². The molecule has 0 aliphatic carbocycles. The van der Waals surface area contributed by atoms with Gasteiger partial charge in [0, 0.05) is 6.61 Å². The van der Waals surface area contributed by atoms with Crippen molar-refractivity contribution in [1.29, 1.82) is 0 Å². The van der Waals surface area contributed by atoms with E-state index in [1.54, 1.807) is 6.92 Å². The molecule has 5 unspecified atom stereocenters. The van der Waals surface area contributed by atoms with E-state index in [-0.39, 0.29) is 19.4 Å². The van der Waals surface area contributed by atoms with Crippen LogP contribution in [0.5, 0.6) is 0 Å². The molecule has 0 fully saturated rings. The van der Waals surface area contributed by atoms with Gasteiger partial charge in [-0.2, -0.15) is 0 Å². The Morgan fingerprint density at radius 3 is 1.50 bits per heavy atom. The van der Waals surface area contributed by atoms with Crippen molar-refractivity contribution in [2.75, 3.05) is 6.61 Å². The number of aliphatic hydroxyl groups is 6. The molecule has 22 heavy (non-hydrogen) atoms. The van der Waals surface area contributed by atoms with E-state index in [1.165, 1.54) is 0 Å². The van der Waals surface area contributed by atoms with Crippen LogP contribution in [0.1, 0.15) is 64.7 Å². The second kappa shape index (κ2) is 13.2. The molecule has 6 heteroatoms. The minimum absolute atomic E-state index is 0.106. The van der Waals surface area contributed by atoms with Crippen molar-refractivity contribution in [3.8, 4) is 0 Å².